The second-order valence-electron chi connectivity index (χ2n) is 7.40. The number of sulfonamides is 1. The van der Waals surface area contributed by atoms with Crippen LogP contribution < -0.4 is 9.52 Å². The summed E-state index contributed by atoms with van der Waals surface area (Å²) < 4.78 is 35.4. The zero-order valence-corrected chi connectivity index (χ0v) is 20.0. The minimum Gasteiger partial charge on any atom is -0.468 e. The summed E-state index contributed by atoms with van der Waals surface area (Å²) in [7, 11) is -2.63. The lowest BCUT2D eigenvalue weighted by Gasteiger charge is -2.11. The Morgan fingerprint density at radius 3 is 2.41 bits per heavy atom. The number of nitrogens with one attached hydrogen (secondary N) is 1. The second-order valence-corrected chi connectivity index (χ2v) is 10.1. The van der Waals surface area contributed by atoms with E-state index in [1.54, 1.807) is 28.8 Å². The van der Waals surface area contributed by atoms with Gasteiger partial charge in [-0.05, 0) is 43.3 Å². The predicted molar refractivity (Wildman–Crippen MR) is 130 cm³/mol. The highest BCUT2D eigenvalue weighted by Crippen LogP contribution is 2.22. The van der Waals surface area contributed by atoms with Crippen LogP contribution in [-0.4, -0.2) is 32.0 Å². The molecule has 0 saturated heterocycles. The van der Waals surface area contributed by atoms with E-state index in [0.717, 1.165) is 15.8 Å². The highest BCUT2D eigenvalue weighted by Gasteiger charge is 2.19. The minimum absolute atomic E-state index is 0.0812. The van der Waals surface area contributed by atoms with Crippen molar-refractivity contribution in [3.05, 3.63) is 88.7 Å². The Hall–Kier alpha value is -3.76. The number of anilines is 1. The molecule has 1 aromatic heterocycles. The van der Waals surface area contributed by atoms with Gasteiger partial charge < -0.3 is 9.30 Å². The zero-order chi connectivity index (χ0) is 24.3. The second kappa shape index (κ2) is 9.62. The summed E-state index contributed by atoms with van der Waals surface area (Å²) in [6, 6.07) is 20.0. The summed E-state index contributed by atoms with van der Waals surface area (Å²) in [5.74, 6) is -1.13. The fraction of sp³-hybridized carbons (Fsp3) is 0.125. The zero-order valence-electron chi connectivity index (χ0n) is 18.4. The maximum Gasteiger partial charge on any atom is 0.325 e. The Bertz CT molecular complexity index is 1550. The van der Waals surface area contributed by atoms with Crippen molar-refractivity contribution in [1.29, 1.82) is 0 Å². The van der Waals surface area contributed by atoms with Gasteiger partial charge in [0.15, 0.2) is 4.80 Å². The van der Waals surface area contributed by atoms with Crippen molar-refractivity contribution >= 4 is 49.1 Å². The average Bonchev–Trinajstić information content (AvgIpc) is 3.16. The molecule has 0 atom stereocenters. The van der Waals surface area contributed by atoms with Crippen LogP contribution in [0.1, 0.15) is 15.9 Å². The van der Waals surface area contributed by atoms with Crippen molar-refractivity contribution in [1.82, 2.24) is 4.57 Å². The van der Waals surface area contributed by atoms with Gasteiger partial charge in [0.1, 0.15) is 6.54 Å². The number of methoxy groups -OCH3 is 1. The van der Waals surface area contributed by atoms with Crippen molar-refractivity contribution in [3.8, 4) is 0 Å². The summed E-state index contributed by atoms with van der Waals surface area (Å²) in [5, 5.41) is 0. The Balaban J connectivity index is 1.74. The van der Waals surface area contributed by atoms with Gasteiger partial charge in [-0.15, -0.1) is 0 Å². The van der Waals surface area contributed by atoms with Crippen LogP contribution in [0.15, 0.2) is 82.7 Å². The number of nitrogens with zero attached hydrogens (tertiary/aromatic N) is 2. The normalized spacial score (nSPS) is 12.0. The van der Waals surface area contributed by atoms with Gasteiger partial charge in [-0.25, -0.2) is 8.42 Å². The number of benzene rings is 3. The van der Waals surface area contributed by atoms with Crippen LogP contribution in [0.25, 0.3) is 10.2 Å². The van der Waals surface area contributed by atoms with Crippen molar-refractivity contribution < 1.29 is 22.7 Å². The molecule has 8 nitrogen and oxygen atoms in total. The predicted octanol–water partition coefficient (Wildman–Crippen LogP) is 3.73. The van der Waals surface area contributed by atoms with E-state index in [4.69, 9.17) is 4.74 Å². The third-order valence-corrected chi connectivity index (χ3v) is 7.47. The first-order valence-corrected chi connectivity index (χ1v) is 12.5. The number of aryl methyl sites for hydroxylation is 1. The molecule has 34 heavy (non-hydrogen) atoms. The first-order valence-electron chi connectivity index (χ1n) is 10.2. The van der Waals surface area contributed by atoms with Crippen molar-refractivity contribution in [3.63, 3.8) is 0 Å². The molecule has 1 amide bonds. The SMILES string of the molecule is COC(=O)Cn1c(=NC(=O)c2ccccc2NS(=O)(=O)c2ccc(C)cc2)sc2ccccc21. The monoisotopic (exact) mass is 495 g/mol. The Morgan fingerprint density at radius 2 is 1.68 bits per heavy atom. The molecule has 0 spiro atoms. The third-order valence-electron chi connectivity index (χ3n) is 5.03. The molecule has 0 unspecified atom stereocenters. The standard InChI is InChI=1S/C24H21N3O5S2/c1-16-11-13-17(14-12-16)34(30,31)26-19-8-4-3-7-18(19)23(29)25-24-27(15-22(28)32-2)20-9-5-6-10-21(20)33-24/h3-14,26H,15H2,1-2H3. The van der Waals surface area contributed by atoms with Crippen LogP contribution in [0.4, 0.5) is 5.69 Å². The minimum atomic E-state index is -3.91. The molecule has 4 aromatic rings. The fourth-order valence-corrected chi connectivity index (χ4v) is 5.39. The lowest BCUT2D eigenvalue weighted by molar-refractivity contribution is -0.141. The molecule has 3 aromatic carbocycles. The third kappa shape index (κ3) is 4.92. The largest absolute Gasteiger partial charge is 0.468 e. The van der Waals surface area contributed by atoms with Crippen molar-refractivity contribution in [2.24, 2.45) is 4.99 Å². The Kier molecular flexibility index (Phi) is 6.62. The van der Waals surface area contributed by atoms with Gasteiger partial charge in [0.25, 0.3) is 15.9 Å². The first-order chi connectivity index (χ1) is 16.3. The van der Waals surface area contributed by atoms with Crippen LogP contribution in [0.3, 0.4) is 0 Å². The van der Waals surface area contributed by atoms with E-state index in [2.05, 4.69) is 9.71 Å². The molecule has 0 aliphatic heterocycles. The molecule has 174 valence electrons. The van der Waals surface area contributed by atoms with E-state index in [9.17, 15) is 18.0 Å². The van der Waals surface area contributed by atoms with Gasteiger partial charge in [-0.3, -0.25) is 14.3 Å². The molecule has 0 aliphatic rings. The molecule has 0 bridgehead atoms. The molecule has 1 heterocycles. The van der Waals surface area contributed by atoms with Crippen molar-refractivity contribution in [2.75, 3.05) is 11.8 Å². The summed E-state index contributed by atoms with van der Waals surface area (Å²) in [4.78, 5) is 29.7. The maximum absolute atomic E-state index is 13.2. The van der Waals surface area contributed by atoms with Gasteiger partial charge in [-0.1, -0.05) is 53.3 Å². The number of rotatable bonds is 6. The first kappa shape index (κ1) is 23.4. The molecule has 0 radical (unpaired) electrons. The fourth-order valence-electron chi connectivity index (χ4n) is 3.28. The van der Waals surface area contributed by atoms with E-state index in [1.165, 1.54) is 42.7 Å². The molecular weight excluding hydrogens is 474 g/mol. The molecule has 0 aliphatic carbocycles. The van der Waals surface area contributed by atoms with E-state index >= 15 is 0 Å². The lowest BCUT2D eigenvalue weighted by atomic mass is 10.2. The molecule has 10 heteroatoms. The van der Waals surface area contributed by atoms with Crippen molar-refractivity contribution in [2.45, 2.75) is 18.4 Å². The van der Waals surface area contributed by atoms with Crippen LogP contribution in [-0.2, 0) is 26.1 Å². The summed E-state index contributed by atoms with van der Waals surface area (Å²) in [5.41, 5.74) is 1.85. The Labute approximate surface area is 200 Å². The number of esters is 1. The summed E-state index contributed by atoms with van der Waals surface area (Å²) in [6.07, 6.45) is 0. The highest BCUT2D eigenvalue weighted by molar-refractivity contribution is 7.92. The maximum atomic E-state index is 13.2. The topological polar surface area (TPSA) is 107 Å². The molecule has 0 fully saturated rings. The number of fused-ring (bicyclic) bond motifs is 1. The number of hydrogen-bond acceptors (Lipinski definition) is 6. The Morgan fingerprint density at radius 1 is 1.00 bits per heavy atom. The smallest absolute Gasteiger partial charge is 0.325 e. The number of amides is 1. The van der Waals surface area contributed by atoms with E-state index in [1.807, 2.05) is 31.2 Å². The number of carbonyl (C=O) groups is 2. The lowest BCUT2D eigenvalue weighted by Crippen LogP contribution is -2.22. The molecule has 1 N–H and O–H groups in total. The van der Waals surface area contributed by atoms with Gasteiger partial charge in [-0.2, -0.15) is 4.99 Å². The molecule has 4 rings (SSSR count). The van der Waals surface area contributed by atoms with Gasteiger partial charge >= 0.3 is 5.97 Å². The average molecular weight is 496 g/mol. The van der Waals surface area contributed by atoms with Crippen LogP contribution in [0, 0.1) is 6.92 Å². The van der Waals surface area contributed by atoms with E-state index < -0.39 is 21.9 Å². The summed E-state index contributed by atoms with van der Waals surface area (Å²) in [6.45, 7) is 1.74. The van der Waals surface area contributed by atoms with Gasteiger partial charge in [0, 0.05) is 0 Å². The van der Waals surface area contributed by atoms with Gasteiger partial charge in [0.05, 0.1) is 33.5 Å². The van der Waals surface area contributed by atoms with E-state index in [-0.39, 0.29) is 22.7 Å². The number of hydrogen-bond donors (Lipinski definition) is 1. The van der Waals surface area contributed by atoms with Gasteiger partial charge in [0.2, 0.25) is 0 Å². The number of carbonyl (C=O) groups excluding carboxylic acids is 2. The number of aromatic nitrogens is 1. The quantitative estimate of drug-likeness (QED) is 0.410. The van der Waals surface area contributed by atoms with Crippen LogP contribution in [0.2, 0.25) is 0 Å². The summed E-state index contributed by atoms with van der Waals surface area (Å²) >= 11 is 1.25. The van der Waals surface area contributed by atoms with Crippen LogP contribution >= 0.6 is 11.3 Å². The van der Waals surface area contributed by atoms with E-state index in [0.29, 0.717) is 4.80 Å². The number of thiazole rings is 1. The number of ether oxygens (including phenoxy) is 1. The highest BCUT2D eigenvalue weighted by atomic mass is 32.2. The molecular formula is C24H21N3O5S2. The number of para-hydroxylation sites is 2. The van der Waals surface area contributed by atoms with Crippen LogP contribution in [0.5, 0.6) is 0 Å². The molecule has 0 saturated carbocycles.